The Morgan fingerprint density at radius 1 is 0.900 bits per heavy atom. The summed E-state index contributed by atoms with van der Waals surface area (Å²) in [4.78, 5) is 61.2. The number of carbonyl (C=O) groups is 4. The molecule has 0 spiro atoms. The highest BCUT2D eigenvalue weighted by atomic mass is 32.1. The molecule has 3 atom stereocenters. The van der Waals surface area contributed by atoms with E-state index in [4.69, 9.17) is 14.2 Å². The van der Waals surface area contributed by atoms with Crippen LogP contribution in [0.4, 0.5) is 4.79 Å². The van der Waals surface area contributed by atoms with E-state index < -0.39 is 41.5 Å². The van der Waals surface area contributed by atoms with Gasteiger partial charge < -0.3 is 39.8 Å². The van der Waals surface area contributed by atoms with Gasteiger partial charge in [-0.15, -0.1) is 17.3 Å². The Kier molecular flexibility index (Phi) is 19.3. The molecule has 1 saturated heterocycles. The minimum absolute atomic E-state index is 0.0146. The summed E-state index contributed by atoms with van der Waals surface area (Å²) < 4.78 is 16.9. The second kappa shape index (κ2) is 25.7. The van der Waals surface area contributed by atoms with Gasteiger partial charge in [0.2, 0.25) is 17.7 Å². The van der Waals surface area contributed by atoms with Crippen molar-refractivity contribution in [1.29, 1.82) is 0 Å². The van der Waals surface area contributed by atoms with Crippen LogP contribution in [0.1, 0.15) is 81.3 Å². The monoisotopic (exact) mass is 967 g/mol. The van der Waals surface area contributed by atoms with E-state index in [9.17, 15) is 24.3 Å². The number of ether oxygens (including phenoxy) is 3. The van der Waals surface area contributed by atoms with Gasteiger partial charge in [0.1, 0.15) is 37.7 Å². The van der Waals surface area contributed by atoms with Gasteiger partial charge in [0.05, 0.1) is 35.3 Å². The Bertz CT molecular complexity index is 2600. The zero-order valence-corrected chi connectivity index (χ0v) is 41.9. The number of likely N-dealkylation sites (tertiary alicyclic amines) is 1. The molecule has 2 heterocycles. The van der Waals surface area contributed by atoms with Crippen LogP contribution in [-0.4, -0.2) is 108 Å². The number of hydrogen-bond donors (Lipinski definition) is 3. The highest BCUT2D eigenvalue weighted by Crippen LogP contribution is 2.35. The van der Waals surface area contributed by atoms with E-state index in [-0.39, 0.29) is 45.2 Å². The lowest BCUT2D eigenvalue weighted by Crippen LogP contribution is -2.58. The molecular formula is C56H65N5O8S. The van der Waals surface area contributed by atoms with E-state index in [0.717, 1.165) is 39.2 Å². The Labute approximate surface area is 416 Å². The highest BCUT2D eigenvalue weighted by Gasteiger charge is 2.44. The first kappa shape index (κ1) is 52.6. The van der Waals surface area contributed by atoms with Crippen molar-refractivity contribution in [2.75, 3.05) is 46.6 Å². The van der Waals surface area contributed by atoms with Gasteiger partial charge in [0, 0.05) is 33.0 Å². The summed E-state index contributed by atoms with van der Waals surface area (Å²) >= 11 is 1.57. The lowest BCUT2D eigenvalue weighted by molar-refractivity contribution is -0.144. The fraction of sp³-hybridized carbons (Fsp3) is 0.375. The number of rotatable bonds is 20. The Hall–Kier alpha value is -6.79. The van der Waals surface area contributed by atoms with Crippen LogP contribution in [0.15, 0.2) is 115 Å². The number of likely N-dealkylation sites (N-methyl/N-ethyl adjacent to an activating group) is 1. The fourth-order valence-electron chi connectivity index (χ4n) is 8.14. The van der Waals surface area contributed by atoms with Crippen LogP contribution in [0.5, 0.6) is 5.75 Å². The number of aromatic nitrogens is 1. The zero-order chi connectivity index (χ0) is 50.0. The van der Waals surface area contributed by atoms with E-state index in [1.54, 1.807) is 18.4 Å². The molecule has 70 heavy (non-hydrogen) atoms. The first-order valence-corrected chi connectivity index (χ1v) is 24.6. The number of nitrogens with zero attached hydrogens (tertiary/aromatic N) is 3. The van der Waals surface area contributed by atoms with Crippen molar-refractivity contribution in [3.8, 4) is 28.0 Å². The van der Waals surface area contributed by atoms with Crippen LogP contribution in [0, 0.1) is 24.2 Å². The van der Waals surface area contributed by atoms with E-state index in [1.165, 1.54) is 26.5 Å². The van der Waals surface area contributed by atoms with E-state index in [0.29, 0.717) is 31.7 Å². The number of allylic oxidation sites excluding steroid dienone is 1. The average Bonchev–Trinajstić information content (AvgIpc) is 3.98. The van der Waals surface area contributed by atoms with Crippen LogP contribution in [0.3, 0.4) is 0 Å². The number of aliphatic hydroxyl groups excluding tert-OH is 1. The van der Waals surface area contributed by atoms with E-state index in [1.807, 2.05) is 81.7 Å². The summed E-state index contributed by atoms with van der Waals surface area (Å²) in [5.74, 6) is 5.18. The van der Waals surface area contributed by atoms with E-state index in [2.05, 4.69) is 95.0 Å². The molecule has 0 aliphatic carbocycles. The van der Waals surface area contributed by atoms with E-state index >= 15 is 0 Å². The molecule has 1 aromatic heterocycles. The molecule has 1 fully saturated rings. The Morgan fingerprint density at radius 2 is 1.57 bits per heavy atom. The van der Waals surface area contributed by atoms with Gasteiger partial charge in [-0.2, -0.15) is 0 Å². The van der Waals surface area contributed by atoms with Gasteiger partial charge >= 0.3 is 6.09 Å². The van der Waals surface area contributed by atoms with Crippen molar-refractivity contribution in [2.24, 2.45) is 5.41 Å². The molecule has 0 unspecified atom stereocenters. The second-order valence-corrected chi connectivity index (χ2v) is 19.1. The van der Waals surface area contributed by atoms with Gasteiger partial charge in [-0.25, -0.2) is 9.78 Å². The third kappa shape index (κ3) is 14.9. The van der Waals surface area contributed by atoms with Gasteiger partial charge in [0.15, 0.2) is 0 Å². The maximum atomic E-state index is 14.0. The summed E-state index contributed by atoms with van der Waals surface area (Å²) in [5.41, 5.74) is 9.87. The maximum Gasteiger partial charge on any atom is 0.409 e. The molecule has 6 rings (SSSR count). The molecule has 13 nitrogen and oxygen atoms in total. The largest absolute Gasteiger partial charge is 0.492 e. The molecule has 1 aliphatic rings. The molecule has 0 saturated carbocycles. The number of aliphatic hydroxyl groups is 1. The molecule has 368 valence electrons. The lowest BCUT2D eigenvalue weighted by Gasteiger charge is -2.35. The first-order valence-electron chi connectivity index (χ1n) is 23.8. The Morgan fingerprint density at radius 3 is 2.21 bits per heavy atom. The van der Waals surface area contributed by atoms with Crippen molar-refractivity contribution in [3.63, 3.8) is 0 Å². The first-order chi connectivity index (χ1) is 33.7. The van der Waals surface area contributed by atoms with Gasteiger partial charge in [-0.1, -0.05) is 131 Å². The van der Waals surface area contributed by atoms with Gasteiger partial charge in [-0.05, 0) is 76.3 Å². The average molecular weight is 968 g/mol. The number of nitrogens with one attached hydrogen (secondary N) is 2. The standard InChI is InChI=1S/C56H65N5O8S/c1-7-47(41-18-12-10-13-19-41)50(42-20-14-11-15-21-42)43-26-28-46(29-27-43)68-33-30-60(6)55(66)69-32-17-9-8-16-31-67-37-49(63)59-52(56(3,4)5)54(65)61-36-45(62)34-48(61)53(64)57-35-40-22-24-44(25-23-40)51-39(2)58-38-70-51/h10-15,18-29,38,45,48,52,62H,7,9,17,30-37H2,1-6H3,(H,57,64)(H,59,63)/b50-47-/t45-,48+,52-/m1/s1. The molecule has 5 aromatic rings. The number of unbranched alkanes of at least 4 members (excludes halogenated alkanes) is 1. The van der Waals surface area contributed by atoms with Gasteiger partial charge in [-0.3, -0.25) is 14.4 Å². The summed E-state index contributed by atoms with van der Waals surface area (Å²) in [5, 5.41) is 16.3. The number of hydrogen-bond acceptors (Lipinski definition) is 10. The number of amides is 4. The van der Waals surface area contributed by atoms with Crippen LogP contribution < -0.4 is 15.4 Å². The number of benzene rings is 4. The highest BCUT2D eigenvalue weighted by molar-refractivity contribution is 7.13. The predicted octanol–water partition coefficient (Wildman–Crippen LogP) is 8.54. The number of carbonyl (C=O) groups excluding carboxylic acids is 4. The topological polar surface area (TPSA) is 160 Å². The quantitative estimate of drug-likeness (QED) is 0.0395. The molecule has 1 aliphatic heterocycles. The molecule has 0 bridgehead atoms. The van der Waals surface area contributed by atoms with Crippen molar-refractivity contribution < 1.29 is 38.5 Å². The molecule has 14 heteroatoms. The molecule has 3 N–H and O–H groups in total. The van der Waals surface area contributed by atoms with Crippen molar-refractivity contribution in [3.05, 3.63) is 143 Å². The summed E-state index contributed by atoms with van der Waals surface area (Å²) in [6.07, 6.45) is 0.587. The van der Waals surface area contributed by atoms with Crippen LogP contribution >= 0.6 is 11.3 Å². The number of β-amino-alcohol motifs (C(OH)–C–C–N with tert-alkyl or cyclic N) is 1. The van der Waals surface area contributed by atoms with Crippen molar-refractivity contribution in [1.82, 2.24) is 25.4 Å². The number of aryl methyl sites for hydroxylation is 1. The summed E-state index contributed by atoms with van der Waals surface area (Å²) in [7, 11) is 1.66. The van der Waals surface area contributed by atoms with Crippen LogP contribution in [0.2, 0.25) is 0 Å². The zero-order valence-electron chi connectivity index (χ0n) is 41.0. The SMILES string of the molecule is CC/C(=C(\c1ccccc1)c1ccc(OCCN(C)C(=O)OCCCC#CCOCC(=O)N[C@H](C(=O)N2C[C@H](O)C[C@H]2C(=O)NCc2ccc(-c3scnc3C)cc2)C(C)(C)C)cc1)c1ccccc1. The van der Waals surface area contributed by atoms with Crippen molar-refractivity contribution >= 4 is 46.3 Å². The molecule has 4 amide bonds. The molecule has 0 radical (unpaired) electrons. The summed E-state index contributed by atoms with van der Waals surface area (Å²) in [6, 6.07) is 34.9. The second-order valence-electron chi connectivity index (χ2n) is 18.2. The fourth-order valence-corrected chi connectivity index (χ4v) is 8.95. The smallest absolute Gasteiger partial charge is 0.409 e. The Balaban J connectivity index is 0.872. The van der Waals surface area contributed by atoms with Crippen molar-refractivity contribution in [2.45, 2.75) is 85.0 Å². The predicted molar refractivity (Wildman–Crippen MR) is 274 cm³/mol. The minimum atomic E-state index is -0.985. The van der Waals surface area contributed by atoms with Crippen LogP contribution in [-0.2, 0) is 30.4 Å². The van der Waals surface area contributed by atoms with Gasteiger partial charge in [0.25, 0.3) is 0 Å². The lowest BCUT2D eigenvalue weighted by atomic mass is 9.85. The molecular weight excluding hydrogens is 903 g/mol. The summed E-state index contributed by atoms with van der Waals surface area (Å²) in [6.45, 7) is 10.3. The van der Waals surface area contributed by atoms with Crippen LogP contribution in [0.25, 0.3) is 21.6 Å². The maximum absolute atomic E-state index is 14.0. The third-order valence-corrected chi connectivity index (χ3v) is 12.9. The third-order valence-electron chi connectivity index (χ3n) is 11.9. The normalized spacial score (nSPS) is 15.2. The number of thiazole rings is 1. The minimum Gasteiger partial charge on any atom is -0.492 e. The molecule has 4 aromatic carbocycles.